The van der Waals surface area contributed by atoms with Crippen molar-refractivity contribution in [3.8, 4) is 0 Å². The number of hydrogen-bond donors (Lipinski definition) is 3. The molecule has 28 heavy (non-hydrogen) atoms. The smallest absolute Gasteiger partial charge is 0.372 e. The van der Waals surface area contributed by atoms with Crippen molar-refractivity contribution < 1.29 is 58.0 Å². The molecule has 1 atom stereocenters. The molecule has 0 aliphatic heterocycles. The summed E-state index contributed by atoms with van der Waals surface area (Å²) in [4.78, 5) is 87.6. The number of carboxylic acids is 2. The average molecular weight is 403 g/mol. The molecule has 0 aliphatic carbocycles. The predicted octanol–water partition coefficient (Wildman–Crippen LogP) is -1.90. The van der Waals surface area contributed by atoms with Gasteiger partial charge in [-0.25, -0.2) is 14.4 Å². The van der Waals surface area contributed by atoms with Crippen molar-refractivity contribution in [3.63, 3.8) is 0 Å². The van der Waals surface area contributed by atoms with Gasteiger partial charge in [-0.05, 0) is 6.42 Å². The second kappa shape index (κ2) is 12.0. The number of hydrogen-bond acceptors (Lipinski definition) is 11. The van der Waals surface area contributed by atoms with Gasteiger partial charge >= 0.3 is 35.8 Å². The maximum absolute atomic E-state index is 11.5. The molecule has 154 valence electrons. The Balaban J connectivity index is 4.18. The van der Waals surface area contributed by atoms with Crippen LogP contribution in [0.4, 0.5) is 0 Å². The zero-order valence-corrected chi connectivity index (χ0v) is 14.4. The molecule has 0 fully saturated rings. The summed E-state index contributed by atoms with van der Waals surface area (Å²) < 4.78 is 8.57. The van der Waals surface area contributed by atoms with E-state index >= 15 is 0 Å². The quantitative estimate of drug-likeness (QED) is 0.184. The minimum absolute atomic E-state index is 0.375. The van der Waals surface area contributed by atoms with E-state index in [9.17, 15) is 38.4 Å². The zero-order valence-electron chi connectivity index (χ0n) is 14.4. The molecule has 0 radical (unpaired) electrons. The van der Waals surface area contributed by atoms with Crippen molar-refractivity contribution in [2.75, 3.05) is 0 Å². The number of esters is 4. The van der Waals surface area contributed by atoms with Gasteiger partial charge in [-0.1, -0.05) is 0 Å². The van der Waals surface area contributed by atoms with Crippen molar-refractivity contribution >= 4 is 47.4 Å². The van der Waals surface area contributed by atoms with Crippen LogP contribution in [0.3, 0.4) is 0 Å². The molecule has 0 saturated carbocycles. The van der Waals surface area contributed by atoms with Gasteiger partial charge in [0.1, 0.15) is 6.04 Å². The third-order valence-electron chi connectivity index (χ3n) is 2.99. The average Bonchev–Trinajstić information content (AvgIpc) is 2.61. The Kier molecular flexibility index (Phi) is 10.5. The largest absolute Gasteiger partial charge is 0.476 e. The van der Waals surface area contributed by atoms with Gasteiger partial charge in [0.15, 0.2) is 0 Å². The monoisotopic (exact) mass is 403 g/mol. The topological polar surface area (TPSA) is 221 Å². The van der Waals surface area contributed by atoms with E-state index in [4.69, 9.17) is 15.9 Å². The van der Waals surface area contributed by atoms with Crippen molar-refractivity contribution in [2.24, 2.45) is 5.73 Å². The van der Waals surface area contributed by atoms with Gasteiger partial charge in [0.25, 0.3) is 0 Å². The van der Waals surface area contributed by atoms with Crippen LogP contribution in [0, 0.1) is 0 Å². The summed E-state index contributed by atoms with van der Waals surface area (Å²) in [6.45, 7) is 0. The van der Waals surface area contributed by atoms with Gasteiger partial charge in [0, 0.05) is 19.3 Å². The molecule has 0 aromatic heterocycles. The van der Waals surface area contributed by atoms with Gasteiger partial charge in [0.2, 0.25) is 11.6 Å². The molecule has 0 aromatic carbocycles. The zero-order chi connectivity index (χ0) is 21.9. The number of carbonyl (C=O) groups excluding carboxylic acids is 6. The maximum Gasteiger partial charge on any atom is 0.372 e. The van der Waals surface area contributed by atoms with E-state index in [2.05, 4.69) is 9.47 Å². The Morgan fingerprint density at radius 1 is 0.643 bits per heavy atom. The lowest BCUT2D eigenvalue weighted by atomic mass is 10.1. The number of ether oxygens (including phenoxy) is 2. The molecular weight excluding hydrogens is 386 g/mol. The van der Waals surface area contributed by atoms with Crippen molar-refractivity contribution in [3.05, 3.63) is 0 Å². The van der Waals surface area contributed by atoms with Crippen LogP contribution >= 0.6 is 0 Å². The second-order valence-electron chi connectivity index (χ2n) is 5.24. The van der Waals surface area contributed by atoms with Crippen LogP contribution in [-0.2, 0) is 47.8 Å². The molecule has 0 rings (SSSR count). The highest BCUT2D eigenvalue weighted by Gasteiger charge is 2.23. The number of ketones is 2. The van der Waals surface area contributed by atoms with Crippen LogP contribution in [0.5, 0.6) is 0 Å². The highest BCUT2D eigenvalue weighted by Crippen LogP contribution is 2.04. The summed E-state index contributed by atoms with van der Waals surface area (Å²) in [7, 11) is 0. The first kappa shape index (κ1) is 24.5. The normalized spacial score (nSPS) is 11.0. The van der Waals surface area contributed by atoms with Crippen molar-refractivity contribution in [1.29, 1.82) is 0 Å². The molecule has 4 N–H and O–H groups in total. The first-order chi connectivity index (χ1) is 12.9. The van der Waals surface area contributed by atoms with Crippen LogP contribution < -0.4 is 5.73 Å². The van der Waals surface area contributed by atoms with E-state index in [1.165, 1.54) is 0 Å². The fraction of sp³-hybridized carbons (Fsp3) is 0.467. The van der Waals surface area contributed by atoms with Gasteiger partial charge in [-0.2, -0.15) is 0 Å². The summed E-state index contributed by atoms with van der Waals surface area (Å²) in [6.07, 6.45) is -3.51. The molecule has 0 bridgehead atoms. The molecule has 0 saturated heterocycles. The fourth-order valence-electron chi connectivity index (χ4n) is 1.50. The molecule has 0 heterocycles. The molecular formula is C15H17NO12. The first-order valence-corrected chi connectivity index (χ1v) is 7.69. The lowest BCUT2D eigenvalue weighted by Gasteiger charge is -2.09. The molecule has 13 heteroatoms. The number of aliphatic carboxylic acids is 2. The first-order valence-electron chi connectivity index (χ1n) is 7.69. The minimum atomic E-state index is -1.74. The number of carbonyl (C=O) groups is 8. The third kappa shape index (κ3) is 10.5. The van der Waals surface area contributed by atoms with Gasteiger partial charge in [0.05, 0.1) is 12.8 Å². The Bertz CT molecular complexity index is 695. The Morgan fingerprint density at radius 3 is 1.46 bits per heavy atom. The predicted molar refractivity (Wildman–Crippen MR) is 83.2 cm³/mol. The van der Waals surface area contributed by atoms with Crippen LogP contribution in [0.2, 0.25) is 0 Å². The molecule has 0 unspecified atom stereocenters. The van der Waals surface area contributed by atoms with Crippen molar-refractivity contribution in [1.82, 2.24) is 0 Å². The van der Waals surface area contributed by atoms with Crippen LogP contribution in [-0.4, -0.2) is 63.6 Å². The molecule has 0 amide bonds. The van der Waals surface area contributed by atoms with E-state index in [1.807, 2.05) is 0 Å². The SMILES string of the molecule is N[C@H](CCC(=O)OC(=O)CCC(=O)C(=O)O)C(=O)OC(=O)CCC(=O)C(=O)O. The highest BCUT2D eigenvalue weighted by molar-refractivity contribution is 6.33. The lowest BCUT2D eigenvalue weighted by molar-refractivity contribution is -0.161. The van der Waals surface area contributed by atoms with Crippen LogP contribution in [0.1, 0.15) is 38.5 Å². The number of carboxylic acid groups (broad SMARTS) is 2. The molecule has 0 spiro atoms. The van der Waals surface area contributed by atoms with Crippen LogP contribution in [0.25, 0.3) is 0 Å². The second-order valence-corrected chi connectivity index (χ2v) is 5.24. The summed E-state index contributed by atoms with van der Waals surface area (Å²) in [5.41, 5.74) is 5.39. The molecule has 13 nitrogen and oxygen atoms in total. The van der Waals surface area contributed by atoms with Gasteiger partial charge in [-0.15, -0.1) is 0 Å². The summed E-state index contributed by atoms with van der Waals surface area (Å²) >= 11 is 0. The fourth-order valence-corrected chi connectivity index (χ4v) is 1.50. The lowest BCUT2D eigenvalue weighted by Crippen LogP contribution is -2.34. The van der Waals surface area contributed by atoms with Gasteiger partial charge in [-0.3, -0.25) is 24.0 Å². The molecule has 0 aliphatic rings. The number of nitrogens with two attached hydrogens (primary N) is 1. The van der Waals surface area contributed by atoms with Crippen molar-refractivity contribution in [2.45, 2.75) is 44.6 Å². The minimum Gasteiger partial charge on any atom is -0.476 e. The van der Waals surface area contributed by atoms with E-state index < -0.39 is 85.5 Å². The molecule has 0 aromatic rings. The Morgan fingerprint density at radius 2 is 1.04 bits per heavy atom. The summed E-state index contributed by atoms with van der Waals surface area (Å²) in [5.74, 6) is -10.6. The van der Waals surface area contributed by atoms with E-state index in [0.717, 1.165) is 0 Å². The third-order valence-corrected chi connectivity index (χ3v) is 2.99. The standard InChI is InChI=1S/C15H17NO12/c16-7(15(26)28-12(21)6-3-9(18)14(24)25)1-4-10(19)27-11(20)5-2-8(17)13(22)23/h7H,1-6,16H2,(H,22,23)(H,24,25)/t7-/m1/s1. The maximum atomic E-state index is 11.5. The van der Waals surface area contributed by atoms with E-state index in [-0.39, 0.29) is 6.42 Å². The van der Waals surface area contributed by atoms with E-state index in [0.29, 0.717) is 0 Å². The Labute approximate surface area is 156 Å². The number of rotatable bonds is 12. The number of Topliss-reactive ketones (excluding diaryl/α,β-unsaturated/α-hetero) is 2. The highest BCUT2D eigenvalue weighted by atomic mass is 16.6. The summed E-state index contributed by atoms with van der Waals surface area (Å²) in [5, 5.41) is 16.7. The van der Waals surface area contributed by atoms with E-state index in [1.54, 1.807) is 0 Å². The summed E-state index contributed by atoms with van der Waals surface area (Å²) in [6, 6.07) is -1.45. The van der Waals surface area contributed by atoms with Gasteiger partial charge < -0.3 is 25.4 Å². The Hall–Kier alpha value is -3.48. The van der Waals surface area contributed by atoms with Crippen LogP contribution in [0.15, 0.2) is 0 Å².